The maximum atomic E-state index is 8.01. The van der Waals surface area contributed by atoms with E-state index in [1.54, 1.807) is 0 Å². The molecule has 0 aliphatic rings. The van der Waals surface area contributed by atoms with E-state index in [0.29, 0.717) is 0 Å². The van der Waals surface area contributed by atoms with Gasteiger partial charge in [-0.1, -0.05) is 0 Å². The van der Waals surface area contributed by atoms with E-state index in [2.05, 4.69) is 0 Å². The molecule has 9 heavy (non-hydrogen) atoms. The van der Waals surface area contributed by atoms with Crippen molar-refractivity contribution in [2.24, 2.45) is 0 Å². The predicted molar refractivity (Wildman–Crippen MR) is 32.2 cm³/mol. The Bertz CT molecular complexity index is 22.4. The fourth-order valence-electron chi connectivity index (χ4n) is 0.0255. The Balaban J connectivity index is -0.0000000133. The van der Waals surface area contributed by atoms with Crippen molar-refractivity contribution in [1.29, 1.82) is 0 Å². The molecule has 0 atom stereocenters. The molecule has 0 heterocycles. The molecule has 0 unspecified atom stereocenters. The maximum absolute atomic E-state index is 8.01. The summed E-state index contributed by atoms with van der Waals surface area (Å²) in [6.07, 6.45) is 0. The van der Waals surface area contributed by atoms with Gasteiger partial charge >= 0.3 is 44.2 Å². The van der Waals surface area contributed by atoms with Crippen molar-refractivity contribution < 1.29 is 45.7 Å². The van der Waals surface area contributed by atoms with Crippen molar-refractivity contribution in [3.8, 4) is 0 Å². The summed E-state index contributed by atoms with van der Waals surface area (Å²) in [5.41, 5.74) is 0. The second-order valence-electron chi connectivity index (χ2n) is 0.455. The Morgan fingerprint density at radius 2 is 1.44 bits per heavy atom. The van der Waals surface area contributed by atoms with Gasteiger partial charge in [-0.2, -0.15) is 0 Å². The minimum atomic E-state index is -0.0849. The van der Waals surface area contributed by atoms with Crippen molar-refractivity contribution in [2.45, 2.75) is 4.64 Å². The van der Waals surface area contributed by atoms with E-state index in [9.17, 15) is 0 Å². The molecule has 0 aromatic heterocycles. The molecule has 0 saturated carbocycles. The fraction of sp³-hybridized carbons (Fsp3) is 1.00. The average Bonchev–Trinajstić information content (AvgIpc) is 1.41. The zero-order valence-electron chi connectivity index (χ0n) is 4.54. The van der Waals surface area contributed by atoms with Crippen LogP contribution in [-0.2, 0) is 18.7 Å². The van der Waals surface area contributed by atoms with Crippen LogP contribution < -0.4 is 0 Å². The molecule has 7 heteroatoms. The standard InChI is InChI=1S/C2H5O.Au.ClH.4H2O/c1-2-3;;;;;;/h3H,1-2H2;;1H;4*1H2/q;+1;;;;;/p-1. The van der Waals surface area contributed by atoms with E-state index in [4.69, 9.17) is 14.3 Å². The third-order valence-electron chi connectivity index (χ3n) is 0.124. The number of halogens is 1. The van der Waals surface area contributed by atoms with Crippen molar-refractivity contribution in [2.75, 3.05) is 6.61 Å². The van der Waals surface area contributed by atoms with Crippen LogP contribution in [0, 0.1) is 0 Å². The number of hydrogen-bond acceptors (Lipinski definition) is 1. The zero-order valence-corrected chi connectivity index (χ0v) is 7.46. The number of rotatable bonds is 2. The Morgan fingerprint density at radius 3 is 1.44 bits per heavy atom. The van der Waals surface area contributed by atoms with E-state index in [1.807, 2.05) is 0 Å². The summed E-state index contributed by atoms with van der Waals surface area (Å²) in [6.45, 7) is 0.255. The second kappa shape index (κ2) is 36.9. The van der Waals surface area contributed by atoms with Gasteiger partial charge in [0, 0.05) is 0 Å². The molecule has 0 fully saturated rings. The van der Waals surface area contributed by atoms with Gasteiger partial charge in [-0.3, -0.25) is 0 Å². The molecule has 0 aliphatic heterocycles. The number of aliphatic hydroxyl groups is 1. The van der Waals surface area contributed by atoms with Crippen LogP contribution in [-0.4, -0.2) is 33.6 Å². The first-order chi connectivity index (χ1) is 2.41. The quantitative estimate of drug-likeness (QED) is 0.532. The molecule has 5 nitrogen and oxygen atoms in total. The average molecular weight is 350 g/mol. The van der Waals surface area contributed by atoms with Crippen LogP contribution in [0.3, 0.4) is 0 Å². The topological polar surface area (TPSA) is 146 Å². The predicted octanol–water partition coefficient (Wildman–Crippen LogP) is -2.67. The van der Waals surface area contributed by atoms with Crippen LogP contribution in [0.15, 0.2) is 0 Å². The molecule has 0 rings (SSSR count). The molecule has 0 aromatic rings. The molecule has 0 spiro atoms. The molecule has 9 N–H and O–H groups in total. The van der Waals surface area contributed by atoms with Crippen LogP contribution in [0.2, 0.25) is 4.64 Å². The third kappa shape index (κ3) is 51.4. The van der Waals surface area contributed by atoms with Crippen molar-refractivity contribution in [1.82, 2.24) is 0 Å². The molecule has 0 saturated heterocycles. The Morgan fingerprint density at radius 1 is 1.11 bits per heavy atom. The summed E-state index contributed by atoms with van der Waals surface area (Å²) >= 11 is -0.0849. The third-order valence-corrected chi connectivity index (χ3v) is 1.95. The Kier molecular flexibility index (Phi) is 135. The molecule has 0 aromatic carbocycles. The van der Waals surface area contributed by atoms with E-state index < -0.39 is 0 Å². The number of hydrogen-bond donors (Lipinski definition) is 1. The first-order valence-corrected chi connectivity index (χ1v) is 5.36. The Hall–Kier alpha value is 0.830. The van der Waals surface area contributed by atoms with Crippen LogP contribution >= 0.6 is 9.19 Å². The summed E-state index contributed by atoms with van der Waals surface area (Å²) in [5.74, 6) is 0. The van der Waals surface area contributed by atoms with Gasteiger partial charge in [0.25, 0.3) is 0 Å². The first kappa shape index (κ1) is 32.9. The molecule has 69 valence electrons. The van der Waals surface area contributed by atoms with Crippen molar-refractivity contribution in [3.63, 3.8) is 0 Å². The number of aliphatic hydroxyl groups excluding tert-OH is 1. The van der Waals surface area contributed by atoms with Gasteiger partial charge < -0.3 is 21.9 Å². The summed E-state index contributed by atoms with van der Waals surface area (Å²) in [7, 11) is 5.24. The first-order valence-electron chi connectivity index (χ1n) is 1.14. The zero-order chi connectivity index (χ0) is 4.12. The van der Waals surface area contributed by atoms with Gasteiger partial charge in [-0.25, -0.2) is 0 Å². The fourth-order valence-corrected chi connectivity index (χ4v) is 0.626. The SMILES string of the molecule is O.O.O.O.OC[CH2][Au][Cl]. The molecular formula is C2H13AuClO5. The van der Waals surface area contributed by atoms with Gasteiger partial charge in [-0.05, 0) is 0 Å². The van der Waals surface area contributed by atoms with E-state index in [1.165, 1.54) is 0 Å². The van der Waals surface area contributed by atoms with Crippen LogP contribution in [0.5, 0.6) is 0 Å². The van der Waals surface area contributed by atoms with Gasteiger partial charge in [0.15, 0.2) is 0 Å². The Labute approximate surface area is 66.4 Å². The normalized spacial score (nSPS) is 5.11. The molecule has 0 radical (unpaired) electrons. The van der Waals surface area contributed by atoms with Crippen molar-refractivity contribution in [3.05, 3.63) is 0 Å². The summed E-state index contributed by atoms with van der Waals surface area (Å²) in [5, 5.41) is 8.01. The molecule has 0 aliphatic carbocycles. The van der Waals surface area contributed by atoms with Gasteiger partial charge in [-0.15, -0.1) is 0 Å². The summed E-state index contributed by atoms with van der Waals surface area (Å²) in [4.78, 5) is 0. The second-order valence-corrected chi connectivity index (χ2v) is 3.44. The molecular weight excluding hydrogens is 336 g/mol. The van der Waals surface area contributed by atoms with E-state index >= 15 is 0 Å². The minimum absolute atomic E-state index is 0. The van der Waals surface area contributed by atoms with Gasteiger partial charge in [0.1, 0.15) is 0 Å². The summed E-state index contributed by atoms with van der Waals surface area (Å²) in [6, 6.07) is 0. The van der Waals surface area contributed by atoms with Gasteiger partial charge in [0.05, 0.1) is 0 Å². The van der Waals surface area contributed by atoms with E-state index in [-0.39, 0.29) is 47.2 Å². The van der Waals surface area contributed by atoms with Crippen LogP contribution in [0.25, 0.3) is 0 Å². The molecule has 0 bridgehead atoms. The van der Waals surface area contributed by atoms with Gasteiger partial charge in [0.2, 0.25) is 0 Å². The van der Waals surface area contributed by atoms with Crippen LogP contribution in [0.1, 0.15) is 0 Å². The van der Waals surface area contributed by atoms with E-state index in [0.717, 1.165) is 4.64 Å². The monoisotopic (exact) mass is 349 g/mol. The van der Waals surface area contributed by atoms with Crippen molar-refractivity contribution >= 4 is 9.19 Å². The molecule has 0 amide bonds. The van der Waals surface area contributed by atoms with Crippen LogP contribution in [0.4, 0.5) is 0 Å². The summed E-state index contributed by atoms with van der Waals surface area (Å²) < 4.78 is 0.807.